The van der Waals surface area contributed by atoms with Crippen LogP contribution >= 0.6 is 0 Å². The number of pyridine rings is 1. The van der Waals surface area contributed by atoms with E-state index in [1.165, 1.54) is 13.2 Å². The lowest BCUT2D eigenvalue weighted by molar-refractivity contribution is -0.119. The average Bonchev–Trinajstić information content (AvgIpc) is 3.34. The molecule has 0 spiro atoms. The van der Waals surface area contributed by atoms with E-state index in [1.54, 1.807) is 16.8 Å². The van der Waals surface area contributed by atoms with E-state index in [4.69, 9.17) is 9.15 Å². The quantitative estimate of drug-likeness (QED) is 0.528. The number of furan rings is 1. The Morgan fingerprint density at radius 2 is 2.04 bits per heavy atom. The number of Topliss-reactive ketones (excluding diaryl/α,β-unsaturated/α-hetero) is 1. The molecule has 0 aliphatic carbocycles. The Balaban J connectivity index is 2.07. The first-order chi connectivity index (χ1) is 13.6. The van der Waals surface area contributed by atoms with Crippen LogP contribution in [0.15, 0.2) is 53.1 Å². The van der Waals surface area contributed by atoms with Gasteiger partial charge in [-0.3, -0.25) is 4.79 Å². The first kappa shape index (κ1) is 17.5. The maximum absolute atomic E-state index is 11.4. The van der Waals surface area contributed by atoms with Crippen LogP contribution in [0, 0.1) is 18.3 Å². The van der Waals surface area contributed by atoms with Crippen molar-refractivity contribution in [2.75, 3.05) is 6.61 Å². The molecule has 7 nitrogen and oxygen atoms in total. The molecule has 0 fully saturated rings. The van der Waals surface area contributed by atoms with E-state index in [2.05, 4.69) is 16.2 Å². The summed E-state index contributed by atoms with van der Waals surface area (Å²) < 4.78 is 12.8. The van der Waals surface area contributed by atoms with Gasteiger partial charge in [-0.1, -0.05) is 18.2 Å². The fourth-order valence-electron chi connectivity index (χ4n) is 3.09. The molecular formula is C21H16N4O3. The molecule has 3 heterocycles. The molecule has 0 bridgehead atoms. The van der Waals surface area contributed by atoms with Crippen LogP contribution in [0.5, 0.6) is 5.88 Å². The van der Waals surface area contributed by atoms with Crippen molar-refractivity contribution in [1.82, 2.24) is 14.8 Å². The molecule has 0 aliphatic heterocycles. The van der Waals surface area contributed by atoms with Crippen LogP contribution in [0.2, 0.25) is 0 Å². The van der Waals surface area contributed by atoms with Crippen molar-refractivity contribution in [2.24, 2.45) is 0 Å². The molecule has 0 saturated heterocycles. The smallest absolute Gasteiger partial charge is 0.234 e. The molecule has 1 aromatic carbocycles. The number of benzene rings is 1. The van der Waals surface area contributed by atoms with Crippen LogP contribution in [0.1, 0.15) is 18.2 Å². The summed E-state index contributed by atoms with van der Waals surface area (Å²) in [4.78, 5) is 16.0. The van der Waals surface area contributed by atoms with E-state index < -0.39 is 0 Å². The van der Waals surface area contributed by atoms with Gasteiger partial charge in [0.2, 0.25) is 5.88 Å². The van der Waals surface area contributed by atoms with Crippen molar-refractivity contribution < 1.29 is 13.9 Å². The number of nitriles is 1. The number of aryl methyl sites for hydroxylation is 1. The summed E-state index contributed by atoms with van der Waals surface area (Å²) in [6.07, 6.45) is 1.54. The highest BCUT2D eigenvalue weighted by molar-refractivity contribution is 5.98. The summed E-state index contributed by atoms with van der Waals surface area (Å²) in [5, 5.41) is 15.1. The van der Waals surface area contributed by atoms with Crippen LogP contribution in [0.4, 0.5) is 0 Å². The second-order valence-electron chi connectivity index (χ2n) is 6.28. The van der Waals surface area contributed by atoms with Gasteiger partial charge in [0.1, 0.15) is 24.0 Å². The normalized spacial score (nSPS) is 10.8. The Bertz CT molecular complexity index is 1200. The topological polar surface area (TPSA) is 93.9 Å². The lowest BCUT2D eigenvalue weighted by atomic mass is 10.0. The summed E-state index contributed by atoms with van der Waals surface area (Å²) >= 11 is 0. The Morgan fingerprint density at radius 3 is 2.68 bits per heavy atom. The molecule has 0 unspecified atom stereocenters. The Morgan fingerprint density at radius 1 is 1.25 bits per heavy atom. The average molecular weight is 372 g/mol. The number of rotatable bonds is 5. The molecule has 4 rings (SSSR count). The van der Waals surface area contributed by atoms with Crippen LogP contribution < -0.4 is 4.74 Å². The van der Waals surface area contributed by atoms with Crippen molar-refractivity contribution in [1.29, 1.82) is 5.26 Å². The Labute approximate surface area is 160 Å². The maximum atomic E-state index is 11.4. The van der Waals surface area contributed by atoms with Crippen LogP contribution in [-0.2, 0) is 4.79 Å². The second-order valence-corrected chi connectivity index (χ2v) is 6.28. The Hall–Kier alpha value is -3.92. The van der Waals surface area contributed by atoms with Crippen molar-refractivity contribution in [3.8, 4) is 29.0 Å². The molecule has 4 aromatic rings. The van der Waals surface area contributed by atoms with Gasteiger partial charge in [0.05, 0.1) is 28.6 Å². The van der Waals surface area contributed by atoms with Crippen LogP contribution in [-0.4, -0.2) is 27.2 Å². The number of nitrogens with zero attached hydrogens (tertiary/aromatic N) is 4. The van der Waals surface area contributed by atoms with Crippen molar-refractivity contribution >= 4 is 16.8 Å². The van der Waals surface area contributed by atoms with Gasteiger partial charge in [-0.15, -0.1) is 0 Å². The molecule has 0 aliphatic rings. The molecular weight excluding hydrogens is 356 g/mol. The minimum Gasteiger partial charge on any atom is -0.469 e. The zero-order valence-electron chi connectivity index (χ0n) is 15.3. The summed E-state index contributed by atoms with van der Waals surface area (Å²) in [5.41, 5.74) is 2.80. The summed E-state index contributed by atoms with van der Waals surface area (Å²) in [6, 6.07) is 15.2. The summed E-state index contributed by atoms with van der Waals surface area (Å²) in [7, 11) is 0. The first-order valence-corrected chi connectivity index (χ1v) is 8.65. The first-order valence-electron chi connectivity index (χ1n) is 8.65. The van der Waals surface area contributed by atoms with E-state index in [0.29, 0.717) is 28.1 Å². The summed E-state index contributed by atoms with van der Waals surface area (Å²) in [6.45, 7) is 3.09. The van der Waals surface area contributed by atoms with Gasteiger partial charge in [0, 0.05) is 0 Å². The highest BCUT2D eigenvalue weighted by atomic mass is 16.5. The third-order valence-electron chi connectivity index (χ3n) is 4.25. The zero-order valence-corrected chi connectivity index (χ0v) is 15.3. The van der Waals surface area contributed by atoms with Gasteiger partial charge in [0.25, 0.3) is 0 Å². The third-order valence-corrected chi connectivity index (χ3v) is 4.25. The number of carbonyl (C=O) groups excluding carboxylic acids is 1. The standard InChI is InChI=1S/C21H16N4O3/c1-13(26)12-28-21-16(11-22)19(17-9-6-10-27-17)18-14(2)24-25(20(18)23-21)15-7-4-3-5-8-15/h3-10H,12H2,1-2H3. The van der Waals surface area contributed by atoms with E-state index in [1.807, 2.05) is 37.3 Å². The molecule has 138 valence electrons. The highest BCUT2D eigenvalue weighted by Gasteiger charge is 2.25. The number of hydrogen-bond donors (Lipinski definition) is 0. The molecule has 0 saturated carbocycles. The number of para-hydroxylation sites is 1. The second kappa shape index (κ2) is 7.00. The minimum atomic E-state index is -0.177. The third kappa shape index (κ3) is 2.91. The van der Waals surface area contributed by atoms with Gasteiger partial charge in [0.15, 0.2) is 11.4 Å². The number of ether oxygens (including phenoxy) is 1. The lowest BCUT2D eigenvalue weighted by Crippen LogP contribution is -2.10. The molecule has 0 N–H and O–H groups in total. The minimum absolute atomic E-state index is 0.0775. The van der Waals surface area contributed by atoms with Crippen molar-refractivity contribution in [3.05, 3.63) is 60.0 Å². The fourth-order valence-corrected chi connectivity index (χ4v) is 3.09. The predicted octanol–water partition coefficient (Wildman–Crippen LogP) is 3.83. The van der Waals surface area contributed by atoms with Crippen LogP contribution in [0.3, 0.4) is 0 Å². The number of hydrogen-bond acceptors (Lipinski definition) is 6. The number of aromatic nitrogens is 3. The van der Waals surface area contributed by atoms with Crippen molar-refractivity contribution in [2.45, 2.75) is 13.8 Å². The van der Waals surface area contributed by atoms with Gasteiger partial charge in [-0.05, 0) is 38.1 Å². The van der Waals surface area contributed by atoms with Gasteiger partial charge in [-0.2, -0.15) is 15.3 Å². The van der Waals surface area contributed by atoms with Crippen molar-refractivity contribution in [3.63, 3.8) is 0 Å². The van der Waals surface area contributed by atoms with Gasteiger partial charge < -0.3 is 9.15 Å². The molecule has 28 heavy (non-hydrogen) atoms. The van der Waals surface area contributed by atoms with E-state index in [9.17, 15) is 10.1 Å². The van der Waals surface area contributed by atoms with Gasteiger partial charge >= 0.3 is 0 Å². The van der Waals surface area contributed by atoms with E-state index in [0.717, 1.165) is 5.69 Å². The summed E-state index contributed by atoms with van der Waals surface area (Å²) in [5.74, 6) is 0.416. The van der Waals surface area contributed by atoms with Gasteiger partial charge in [-0.25, -0.2) is 4.68 Å². The lowest BCUT2D eigenvalue weighted by Gasteiger charge is -2.11. The van der Waals surface area contributed by atoms with E-state index >= 15 is 0 Å². The highest BCUT2D eigenvalue weighted by Crippen LogP contribution is 2.38. The monoisotopic (exact) mass is 372 g/mol. The molecule has 3 aromatic heterocycles. The van der Waals surface area contributed by atoms with Crippen LogP contribution in [0.25, 0.3) is 28.0 Å². The SMILES string of the molecule is CC(=O)COc1nc2c(c(C)nn2-c2ccccc2)c(-c2ccco2)c1C#N. The number of fused-ring (bicyclic) bond motifs is 1. The molecule has 0 atom stereocenters. The predicted molar refractivity (Wildman–Crippen MR) is 102 cm³/mol. The number of carbonyl (C=O) groups is 1. The largest absolute Gasteiger partial charge is 0.469 e. The molecule has 0 amide bonds. The maximum Gasteiger partial charge on any atom is 0.234 e. The zero-order chi connectivity index (χ0) is 19.7. The number of ketones is 1. The Kier molecular flexibility index (Phi) is 4.38. The van der Waals surface area contributed by atoms with E-state index in [-0.39, 0.29) is 23.8 Å². The molecule has 7 heteroatoms. The fraction of sp³-hybridized carbons (Fsp3) is 0.143. The molecule has 0 radical (unpaired) electrons.